The van der Waals surface area contributed by atoms with Crippen molar-refractivity contribution in [1.29, 1.82) is 0 Å². The van der Waals surface area contributed by atoms with E-state index in [0.29, 0.717) is 5.39 Å². The van der Waals surface area contributed by atoms with Crippen LogP contribution in [0.2, 0.25) is 0 Å². The first kappa shape index (κ1) is 18.0. The molecule has 0 aliphatic carbocycles. The van der Waals surface area contributed by atoms with Gasteiger partial charge in [0.15, 0.2) is 10.8 Å². The Kier molecular flexibility index (Phi) is 5.60. The molecule has 0 aliphatic rings. The third-order valence-corrected chi connectivity index (χ3v) is 3.80. The van der Waals surface area contributed by atoms with E-state index < -0.39 is 18.6 Å². The number of rotatable bonds is 6. The van der Waals surface area contributed by atoms with Crippen molar-refractivity contribution in [2.45, 2.75) is 17.9 Å². The molecule has 0 bridgehead atoms. The summed E-state index contributed by atoms with van der Waals surface area (Å²) in [6.45, 7) is 2.31. The Morgan fingerprint density at radius 3 is 2.88 bits per heavy atom. The van der Waals surface area contributed by atoms with Gasteiger partial charge < -0.3 is 5.32 Å². The average Bonchev–Trinajstić information content (AvgIpc) is 2.53. The maximum Gasteiger partial charge on any atom is 0.405 e. The fraction of sp³-hybridized carbons (Fsp3) is 0.286. The number of hydrogen-bond acceptors (Lipinski definition) is 5. The van der Waals surface area contributed by atoms with Gasteiger partial charge >= 0.3 is 6.18 Å². The van der Waals surface area contributed by atoms with Gasteiger partial charge in [-0.15, -0.1) is 6.58 Å². The monoisotopic (exact) mass is 358 g/mol. The molecule has 2 heterocycles. The maximum absolute atomic E-state index is 12.4. The molecule has 10 heteroatoms. The van der Waals surface area contributed by atoms with Crippen molar-refractivity contribution < 1.29 is 18.0 Å². The van der Waals surface area contributed by atoms with Crippen molar-refractivity contribution in [2.75, 3.05) is 12.3 Å². The molecule has 0 unspecified atom stereocenters. The van der Waals surface area contributed by atoms with Crippen LogP contribution in [0.5, 0.6) is 0 Å². The standard InChI is InChI=1S/C14H13F3N4O2S/c1-2-6-21-12(23)9-4-3-5-18-11(9)20-13(21)24-7-10(22)19-8-14(15,16)17/h2-5H,1,6-8H2,(H,19,22). The average molecular weight is 358 g/mol. The molecule has 0 saturated heterocycles. The lowest BCUT2D eigenvalue weighted by Crippen LogP contribution is -2.35. The summed E-state index contributed by atoms with van der Waals surface area (Å²) < 4.78 is 37.5. The molecule has 0 fully saturated rings. The number of thioether (sulfide) groups is 1. The van der Waals surface area contributed by atoms with E-state index >= 15 is 0 Å². The maximum atomic E-state index is 12.4. The van der Waals surface area contributed by atoms with Crippen LogP contribution in [0.3, 0.4) is 0 Å². The number of pyridine rings is 1. The molecule has 128 valence electrons. The molecule has 2 aromatic heterocycles. The quantitative estimate of drug-likeness (QED) is 0.484. The summed E-state index contributed by atoms with van der Waals surface area (Å²) in [6, 6.07) is 3.17. The Labute approximate surface area is 138 Å². The molecule has 0 aromatic carbocycles. The highest BCUT2D eigenvalue weighted by molar-refractivity contribution is 7.99. The van der Waals surface area contributed by atoms with Gasteiger partial charge in [-0.3, -0.25) is 14.2 Å². The Morgan fingerprint density at radius 1 is 1.46 bits per heavy atom. The summed E-state index contributed by atoms with van der Waals surface area (Å²) in [5.74, 6) is -1.12. The lowest BCUT2D eigenvalue weighted by molar-refractivity contribution is -0.136. The number of nitrogens with one attached hydrogen (secondary N) is 1. The predicted molar refractivity (Wildman–Crippen MR) is 83.8 cm³/mol. The highest BCUT2D eigenvalue weighted by Gasteiger charge is 2.27. The molecule has 2 aromatic rings. The Bertz CT molecular complexity index is 820. The van der Waals surface area contributed by atoms with Gasteiger partial charge in [-0.1, -0.05) is 17.8 Å². The number of aromatic nitrogens is 3. The molecule has 6 nitrogen and oxygen atoms in total. The van der Waals surface area contributed by atoms with Crippen LogP contribution in [-0.4, -0.2) is 38.9 Å². The summed E-state index contributed by atoms with van der Waals surface area (Å²) in [4.78, 5) is 32.1. The minimum atomic E-state index is -4.48. The Hall–Kier alpha value is -2.36. The van der Waals surface area contributed by atoms with Crippen LogP contribution in [0.15, 0.2) is 40.9 Å². The Balaban J connectivity index is 2.21. The summed E-state index contributed by atoms with van der Waals surface area (Å²) in [6.07, 6.45) is -1.52. The summed E-state index contributed by atoms with van der Waals surface area (Å²) in [5, 5.41) is 2.26. The molecule has 24 heavy (non-hydrogen) atoms. The highest BCUT2D eigenvalue weighted by Crippen LogP contribution is 2.17. The number of alkyl halides is 3. The number of carbonyl (C=O) groups is 1. The minimum Gasteiger partial charge on any atom is -0.346 e. The van der Waals surface area contributed by atoms with Crippen LogP contribution >= 0.6 is 11.8 Å². The van der Waals surface area contributed by atoms with Crippen molar-refractivity contribution in [2.24, 2.45) is 0 Å². The number of amides is 1. The van der Waals surface area contributed by atoms with E-state index in [0.717, 1.165) is 11.8 Å². The smallest absolute Gasteiger partial charge is 0.346 e. The number of carbonyl (C=O) groups excluding carboxylic acids is 1. The Morgan fingerprint density at radius 2 is 2.21 bits per heavy atom. The van der Waals surface area contributed by atoms with E-state index in [1.54, 1.807) is 17.4 Å². The third-order valence-electron chi connectivity index (χ3n) is 2.82. The first-order chi connectivity index (χ1) is 11.3. The molecule has 1 amide bonds. The highest BCUT2D eigenvalue weighted by atomic mass is 32.2. The van der Waals surface area contributed by atoms with Crippen molar-refractivity contribution in [1.82, 2.24) is 19.9 Å². The molecule has 0 saturated carbocycles. The zero-order valence-corrected chi connectivity index (χ0v) is 13.2. The molecular formula is C14H13F3N4O2S. The molecule has 1 N–H and O–H groups in total. The summed E-state index contributed by atoms with van der Waals surface area (Å²) >= 11 is 0.859. The van der Waals surface area contributed by atoms with Crippen molar-refractivity contribution in [3.8, 4) is 0 Å². The second-order valence-corrected chi connectivity index (χ2v) is 5.60. The molecule has 0 radical (unpaired) electrons. The number of fused-ring (bicyclic) bond motifs is 1. The van der Waals surface area contributed by atoms with Crippen LogP contribution in [0.4, 0.5) is 13.2 Å². The van der Waals surface area contributed by atoms with Crippen LogP contribution in [0, 0.1) is 0 Å². The van der Waals surface area contributed by atoms with E-state index in [-0.39, 0.29) is 28.7 Å². The lowest BCUT2D eigenvalue weighted by atomic mass is 10.3. The van der Waals surface area contributed by atoms with Gasteiger partial charge in [0.05, 0.1) is 11.1 Å². The fourth-order valence-electron chi connectivity index (χ4n) is 1.82. The third kappa shape index (κ3) is 4.57. The lowest BCUT2D eigenvalue weighted by Gasteiger charge is -2.11. The molecule has 0 atom stereocenters. The van der Waals surface area contributed by atoms with Crippen LogP contribution in [-0.2, 0) is 11.3 Å². The van der Waals surface area contributed by atoms with E-state index in [9.17, 15) is 22.8 Å². The van der Waals surface area contributed by atoms with Gasteiger partial charge in [0.2, 0.25) is 5.91 Å². The SMILES string of the molecule is C=CCn1c(SCC(=O)NCC(F)(F)F)nc2ncccc2c1=O. The summed E-state index contributed by atoms with van der Waals surface area (Å²) in [5.41, 5.74) is -0.146. The van der Waals surface area contributed by atoms with Crippen molar-refractivity contribution in [3.63, 3.8) is 0 Å². The van der Waals surface area contributed by atoms with E-state index in [1.165, 1.54) is 16.8 Å². The van der Waals surface area contributed by atoms with Crippen LogP contribution < -0.4 is 10.9 Å². The topological polar surface area (TPSA) is 76.9 Å². The van der Waals surface area contributed by atoms with E-state index in [2.05, 4.69) is 16.5 Å². The van der Waals surface area contributed by atoms with Gasteiger partial charge in [0.1, 0.15) is 6.54 Å². The van der Waals surface area contributed by atoms with E-state index in [1.807, 2.05) is 0 Å². The molecule has 0 spiro atoms. The predicted octanol–water partition coefficient (Wildman–Crippen LogP) is 1.75. The second-order valence-electron chi connectivity index (χ2n) is 4.65. The number of hydrogen-bond donors (Lipinski definition) is 1. The number of halogens is 3. The van der Waals surface area contributed by atoms with Crippen LogP contribution in [0.1, 0.15) is 0 Å². The first-order valence-corrected chi connectivity index (χ1v) is 7.73. The van der Waals surface area contributed by atoms with Crippen molar-refractivity contribution in [3.05, 3.63) is 41.3 Å². The number of nitrogens with zero attached hydrogens (tertiary/aromatic N) is 3. The van der Waals surface area contributed by atoms with Gasteiger partial charge in [-0.25, -0.2) is 9.97 Å². The van der Waals surface area contributed by atoms with Gasteiger partial charge in [0, 0.05) is 12.7 Å². The largest absolute Gasteiger partial charge is 0.405 e. The zero-order chi connectivity index (χ0) is 17.7. The van der Waals surface area contributed by atoms with Crippen molar-refractivity contribution >= 4 is 28.7 Å². The minimum absolute atomic E-state index is 0.156. The normalized spacial score (nSPS) is 11.5. The zero-order valence-electron chi connectivity index (χ0n) is 12.3. The van der Waals surface area contributed by atoms with Crippen LogP contribution in [0.25, 0.3) is 11.0 Å². The number of allylic oxidation sites excluding steroid dienone is 1. The molecule has 2 rings (SSSR count). The van der Waals surface area contributed by atoms with E-state index in [4.69, 9.17) is 0 Å². The van der Waals surface area contributed by atoms with Gasteiger partial charge in [-0.2, -0.15) is 13.2 Å². The summed E-state index contributed by atoms with van der Waals surface area (Å²) in [7, 11) is 0. The molecular weight excluding hydrogens is 345 g/mol. The first-order valence-electron chi connectivity index (χ1n) is 6.74. The second kappa shape index (κ2) is 7.47. The molecule has 0 aliphatic heterocycles. The van der Waals surface area contributed by atoms with Gasteiger partial charge in [-0.05, 0) is 12.1 Å². The fourth-order valence-corrected chi connectivity index (χ4v) is 2.64. The van der Waals surface area contributed by atoms with Gasteiger partial charge in [0.25, 0.3) is 5.56 Å².